The summed E-state index contributed by atoms with van der Waals surface area (Å²) >= 11 is 0. The highest BCUT2D eigenvalue weighted by atomic mass is 16.4. The molecule has 0 aromatic heterocycles. The molecule has 1 aromatic carbocycles. The maximum absolute atomic E-state index is 11.4. The number of aryl methyl sites for hydroxylation is 1. The average molecular weight is 221 g/mol. The second-order valence-electron chi connectivity index (χ2n) is 4.23. The van der Waals surface area contributed by atoms with Gasteiger partial charge in [0.25, 0.3) is 0 Å². The number of benzene rings is 1. The van der Waals surface area contributed by atoms with E-state index in [9.17, 15) is 9.90 Å². The Bertz CT molecular complexity index is 376. The third kappa shape index (κ3) is 2.61. The topological polar surface area (TPSA) is 49.3 Å². The predicted octanol–water partition coefficient (Wildman–Crippen LogP) is 2.29. The van der Waals surface area contributed by atoms with Gasteiger partial charge >= 0.3 is 5.97 Å². The molecule has 3 heteroatoms. The molecule has 0 amide bonds. The fraction of sp³-hybridized carbons (Fsp3) is 0.462. The summed E-state index contributed by atoms with van der Waals surface area (Å²) in [6.07, 6.45) is 0.911. The van der Waals surface area contributed by atoms with E-state index in [1.165, 1.54) is 0 Å². The average Bonchev–Trinajstić information content (AvgIpc) is 2.25. The lowest BCUT2D eigenvalue weighted by Gasteiger charge is -2.27. The zero-order valence-electron chi connectivity index (χ0n) is 10.1. The highest BCUT2D eigenvalue weighted by molar-refractivity contribution is 5.80. The first-order valence-electron chi connectivity index (χ1n) is 5.56. The van der Waals surface area contributed by atoms with Crippen LogP contribution in [0.1, 0.15) is 31.4 Å². The summed E-state index contributed by atoms with van der Waals surface area (Å²) < 4.78 is 0. The van der Waals surface area contributed by atoms with Crippen LogP contribution in [0.2, 0.25) is 0 Å². The van der Waals surface area contributed by atoms with Gasteiger partial charge in [0.05, 0.1) is 0 Å². The van der Waals surface area contributed by atoms with Gasteiger partial charge < -0.3 is 5.11 Å². The molecule has 0 heterocycles. The highest BCUT2D eigenvalue weighted by Gasteiger charge is 2.34. The van der Waals surface area contributed by atoms with E-state index in [4.69, 9.17) is 0 Å². The lowest BCUT2D eigenvalue weighted by atomic mass is 9.91. The van der Waals surface area contributed by atoms with Crippen LogP contribution in [0.3, 0.4) is 0 Å². The van der Waals surface area contributed by atoms with Crippen molar-refractivity contribution in [2.75, 3.05) is 6.54 Å². The van der Waals surface area contributed by atoms with Crippen molar-refractivity contribution in [1.82, 2.24) is 5.32 Å². The molecule has 3 nitrogen and oxygen atoms in total. The van der Waals surface area contributed by atoms with Crippen molar-refractivity contribution in [3.05, 3.63) is 35.4 Å². The van der Waals surface area contributed by atoms with E-state index in [-0.39, 0.29) is 0 Å². The highest BCUT2D eigenvalue weighted by Crippen LogP contribution is 2.22. The Morgan fingerprint density at radius 2 is 2.19 bits per heavy atom. The fourth-order valence-electron chi connectivity index (χ4n) is 1.63. The molecule has 0 bridgehead atoms. The smallest absolute Gasteiger partial charge is 0.328 e. The Balaban J connectivity index is 3.06. The third-order valence-electron chi connectivity index (χ3n) is 2.75. The number of rotatable bonds is 5. The summed E-state index contributed by atoms with van der Waals surface area (Å²) in [5, 5.41) is 12.4. The summed E-state index contributed by atoms with van der Waals surface area (Å²) in [6, 6.07) is 7.62. The molecule has 1 aromatic rings. The monoisotopic (exact) mass is 221 g/mol. The number of carboxylic acids is 1. The number of carboxylic acid groups (broad SMARTS) is 1. The molecule has 88 valence electrons. The molecular formula is C13H19NO2. The minimum atomic E-state index is -0.998. The maximum atomic E-state index is 11.4. The molecule has 0 fully saturated rings. The van der Waals surface area contributed by atoms with Gasteiger partial charge in [0.2, 0.25) is 0 Å². The molecule has 0 saturated carbocycles. The Labute approximate surface area is 96.5 Å². The van der Waals surface area contributed by atoms with Crippen LogP contribution < -0.4 is 5.32 Å². The zero-order valence-corrected chi connectivity index (χ0v) is 10.1. The van der Waals surface area contributed by atoms with Gasteiger partial charge in [-0.15, -0.1) is 0 Å². The van der Waals surface area contributed by atoms with Crippen LogP contribution in [-0.4, -0.2) is 17.6 Å². The Kier molecular flexibility index (Phi) is 4.07. The maximum Gasteiger partial charge on any atom is 0.328 e. The van der Waals surface area contributed by atoms with Crippen LogP contribution in [-0.2, 0) is 10.3 Å². The summed E-state index contributed by atoms with van der Waals surface area (Å²) in [5.41, 5.74) is 0.874. The van der Waals surface area contributed by atoms with E-state index in [2.05, 4.69) is 5.32 Å². The molecule has 0 saturated heterocycles. The van der Waals surface area contributed by atoms with E-state index < -0.39 is 11.5 Å². The van der Waals surface area contributed by atoms with Crippen molar-refractivity contribution >= 4 is 5.97 Å². The first kappa shape index (κ1) is 12.7. The minimum Gasteiger partial charge on any atom is -0.480 e. The predicted molar refractivity (Wildman–Crippen MR) is 64.5 cm³/mol. The first-order chi connectivity index (χ1) is 7.50. The van der Waals surface area contributed by atoms with Crippen LogP contribution in [0.25, 0.3) is 0 Å². The van der Waals surface area contributed by atoms with Crippen LogP contribution in [0.4, 0.5) is 0 Å². The Morgan fingerprint density at radius 3 is 2.69 bits per heavy atom. The second kappa shape index (κ2) is 5.12. The van der Waals surface area contributed by atoms with Crippen molar-refractivity contribution in [3.63, 3.8) is 0 Å². The molecular weight excluding hydrogens is 202 g/mol. The van der Waals surface area contributed by atoms with Gasteiger partial charge in [0, 0.05) is 0 Å². The number of hydrogen-bond donors (Lipinski definition) is 2. The van der Waals surface area contributed by atoms with Gasteiger partial charge in [-0.2, -0.15) is 0 Å². The molecule has 1 atom stereocenters. The molecule has 1 rings (SSSR count). The molecule has 2 N–H and O–H groups in total. The van der Waals surface area contributed by atoms with Gasteiger partial charge in [-0.05, 0) is 32.4 Å². The van der Waals surface area contributed by atoms with Crippen molar-refractivity contribution in [1.29, 1.82) is 0 Å². The fourth-order valence-corrected chi connectivity index (χ4v) is 1.63. The summed E-state index contributed by atoms with van der Waals surface area (Å²) in [7, 11) is 0. The number of aliphatic carboxylic acids is 1. The van der Waals surface area contributed by atoms with E-state index >= 15 is 0 Å². The molecule has 0 spiro atoms. The largest absolute Gasteiger partial charge is 0.480 e. The normalized spacial score (nSPS) is 14.4. The third-order valence-corrected chi connectivity index (χ3v) is 2.75. The van der Waals surface area contributed by atoms with Crippen molar-refractivity contribution in [2.45, 2.75) is 32.7 Å². The van der Waals surface area contributed by atoms with E-state index in [0.717, 1.165) is 17.5 Å². The zero-order chi connectivity index (χ0) is 12.2. The summed E-state index contributed by atoms with van der Waals surface area (Å²) in [5.74, 6) is -0.841. The molecule has 0 aliphatic heterocycles. The van der Waals surface area contributed by atoms with Gasteiger partial charge in [0.1, 0.15) is 5.54 Å². The first-order valence-corrected chi connectivity index (χ1v) is 5.56. The van der Waals surface area contributed by atoms with Crippen molar-refractivity contribution in [3.8, 4) is 0 Å². The second-order valence-corrected chi connectivity index (χ2v) is 4.23. The van der Waals surface area contributed by atoms with Crippen molar-refractivity contribution < 1.29 is 9.90 Å². The van der Waals surface area contributed by atoms with E-state index in [1.807, 2.05) is 38.1 Å². The number of carbonyl (C=O) groups is 1. The van der Waals surface area contributed by atoms with Gasteiger partial charge in [-0.25, -0.2) is 4.79 Å². The number of hydrogen-bond acceptors (Lipinski definition) is 2. The lowest BCUT2D eigenvalue weighted by Crippen LogP contribution is -2.47. The van der Waals surface area contributed by atoms with Gasteiger partial charge in [0.15, 0.2) is 0 Å². The van der Waals surface area contributed by atoms with Gasteiger partial charge in [-0.3, -0.25) is 5.32 Å². The standard InChI is InChI=1S/C13H19NO2/c1-4-8-14-13(3,12(15)16)11-7-5-6-10(2)9-11/h5-7,9,14H,4,8H2,1-3H3,(H,15,16). The molecule has 0 aliphatic rings. The Hall–Kier alpha value is -1.35. The minimum absolute atomic E-state index is 0.691. The molecule has 0 radical (unpaired) electrons. The summed E-state index contributed by atoms with van der Waals surface area (Å²) in [4.78, 5) is 11.4. The molecule has 1 unspecified atom stereocenters. The lowest BCUT2D eigenvalue weighted by molar-refractivity contribution is -0.144. The SMILES string of the molecule is CCCNC(C)(C(=O)O)c1cccc(C)c1. The van der Waals surface area contributed by atoms with E-state index in [1.54, 1.807) is 6.92 Å². The van der Waals surface area contributed by atoms with Crippen LogP contribution >= 0.6 is 0 Å². The van der Waals surface area contributed by atoms with Gasteiger partial charge in [-0.1, -0.05) is 36.8 Å². The molecule has 16 heavy (non-hydrogen) atoms. The van der Waals surface area contributed by atoms with Crippen LogP contribution in [0, 0.1) is 6.92 Å². The van der Waals surface area contributed by atoms with Crippen molar-refractivity contribution in [2.24, 2.45) is 0 Å². The quantitative estimate of drug-likeness (QED) is 0.802. The van der Waals surface area contributed by atoms with E-state index in [0.29, 0.717) is 6.54 Å². The number of nitrogens with one attached hydrogen (secondary N) is 1. The molecule has 0 aliphatic carbocycles. The van der Waals surface area contributed by atoms with Crippen LogP contribution in [0.5, 0.6) is 0 Å². The summed E-state index contributed by atoms with van der Waals surface area (Å²) in [6.45, 7) is 6.38. The Morgan fingerprint density at radius 1 is 1.50 bits per heavy atom. The van der Waals surface area contributed by atoms with Crippen LogP contribution in [0.15, 0.2) is 24.3 Å².